The fourth-order valence-corrected chi connectivity index (χ4v) is 9.44. The molecule has 0 atom stereocenters. The third-order valence-corrected chi connectivity index (χ3v) is 12.5. The monoisotopic (exact) mass is 872 g/mol. The fourth-order valence-electron chi connectivity index (χ4n) is 9.36. The van der Waals surface area contributed by atoms with Gasteiger partial charge in [-0.25, -0.2) is 9.59 Å². The normalized spacial score (nSPS) is 21.8. The molecule has 0 aromatic heterocycles. The van der Waals surface area contributed by atoms with Gasteiger partial charge in [0.1, 0.15) is 11.1 Å². The number of hydrogen-bond donors (Lipinski definition) is 1. The van der Waals surface area contributed by atoms with Crippen LogP contribution < -0.4 is 0 Å². The Morgan fingerprint density at radius 1 is 0.610 bits per heavy atom. The highest BCUT2D eigenvalue weighted by atomic mass is 35.5. The number of carbonyl (C=O) groups is 2. The lowest BCUT2D eigenvalue weighted by atomic mass is 9.79. The van der Waals surface area contributed by atoms with Gasteiger partial charge in [0.2, 0.25) is 0 Å². The first-order chi connectivity index (χ1) is 27.9. The average Bonchev–Trinajstić information content (AvgIpc) is 3.95. The molecule has 15 heteroatoms. The minimum atomic E-state index is -0.934. The predicted molar refractivity (Wildman–Crippen MR) is 228 cm³/mol. The molecule has 0 unspecified atom stereocenters. The van der Waals surface area contributed by atoms with E-state index in [4.69, 9.17) is 61.7 Å². The fraction of sp³-hybridized carbons (Fsp3) is 0.545. The number of methoxy groups -OCH3 is 2. The second kappa shape index (κ2) is 17.8. The number of aryl methyl sites for hydroxylation is 6. The van der Waals surface area contributed by atoms with Crippen LogP contribution in [0.3, 0.4) is 0 Å². The van der Waals surface area contributed by atoms with Crippen molar-refractivity contribution in [2.75, 3.05) is 40.6 Å². The first-order valence-corrected chi connectivity index (χ1v) is 21.0. The molecule has 12 nitrogen and oxygen atoms in total. The van der Waals surface area contributed by atoms with Crippen molar-refractivity contribution in [1.29, 1.82) is 0 Å². The summed E-state index contributed by atoms with van der Waals surface area (Å²) in [5.41, 5.74) is 6.75. The van der Waals surface area contributed by atoms with E-state index in [1.165, 1.54) is 14.2 Å². The van der Waals surface area contributed by atoms with E-state index in [1.54, 1.807) is 0 Å². The maximum absolute atomic E-state index is 13.1. The molecule has 4 spiro atoms. The van der Waals surface area contributed by atoms with E-state index >= 15 is 0 Å². The molecule has 320 valence electrons. The van der Waals surface area contributed by atoms with Gasteiger partial charge in [-0.3, -0.25) is 0 Å². The molecule has 2 saturated carbocycles. The van der Waals surface area contributed by atoms with Gasteiger partial charge in [0.05, 0.1) is 40.6 Å². The number of carbonyl (C=O) groups excluding carboxylic acids is 2. The van der Waals surface area contributed by atoms with E-state index < -0.39 is 34.7 Å². The lowest BCUT2D eigenvalue weighted by molar-refractivity contribution is -0.205. The molecule has 59 heavy (non-hydrogen) atoms. The van der Waals surface area contributed by atoms with Gasteiger partial charge in [0.25, 0.3) is 4.51 Å². The zero-order valence-corrected chi connectivity index (χ0v) is 37.3. The number of esters is 2. The second-order valence-electron chi connectivity index (χ2n) is 16.0. The van der Waals surface area contributed by atoms with E-state index in [2.05, 4.69) is 29.1 Å². The van der Waals surface area contributed by atoms with Crippen molar-refractivity contribution in [3.8, 4) is 0 Å². The number of halogens is 1. The molecule has 2 aromatic carbocycles. The van der Waals surface area contributed by atoms with Crippen LogP contribution >= 0.6 is 36.0 Å². The summed E-state index contributed by atoms with van der Waals surface area (Å²) in [6, 6.07) is 8.15. The minimum Gasteiger partial charge on any atom is -0.507 e. The molecule has 0 radical (unpaired) electrons. The van der Waals surface area contributed by atoms with Crippen LogP contribution in [0.1, 0.15) is 95.9 Å². The minimum absolute atomic E-state index is 0.0359. The molecule has 2 saturated heterocycles. The zero-order valence-electron chi connectivity index (χ0n) is 34.9. The number of ether oxygens (including phenoxy) is 9. The number of hydrogen-bond acceptors (Lipinski definition) is 14. The van der Waals surface area contributed by atoms with Crippen LogP contribution in [-0.4, -0.2) is 90.2 Å². The van der Waals surface area contributed by atoms with Crippen LogP contribution in [0.25, 0.3) is 11.1 Å². The van der Waals surface area contributed by atoms with Crippen molar-refractivity contribution in [3.63, 3.8) is 0 Å². The van der Waals surface area contributed by atoms with Gasteiger partial charge in [-0.15, -0.1) is 0 Å². The Morgan fingerprint density at radius 3 is 1.36 bits per heavy atom. The van der Waals surface area contributed by atoms with E-state index in [1.807, 2.05) is 53.7 Å². The molecule has 4 fully saturated rings. The Bertz CT molecular complexity index is 2010. The molecule has 6 aliphatic rings. The van der Waals surface area contributed by atoms with Crippen LogP contribution in [0.15, 0.2) is 35.8 Å². The van der Waals surface area contributed by atoms with Gasteiger partial charge in [-0.05, 0) is 124 Å². The lowest BCUT2D eigenvalue weighted by Gasteiger charge is -2.40. The van der Waals surface area contributed by atoms with Crippen molar-refractivity contribution in [1.82, 2.24) is 0 Å². The van der Waals surface area contributed by atoms with E-state index in [0.717, 1.165) is 44.5 Å². The molecule has 8 rings (SSSR count). The van der Waals surface area contributed by atoms with Crippen molar-refractivity contribution >= 4 is 68.9 Å². The standard InChI is InChI=1S/C22H26O6S.C20H24O5.C2H3ClOS/c1-13-11-14(2)16(15(3)12-13)17-18(27-20(29)24-4)21(28-19(17)23)5-7-22(8-6-21)25-9-10-26-22;1-12-10-13(2)15(14(3)11-12)16-17(21)19(25-18(16)22)4-6-20(7-5-19)23-8-9-24-20;1-4-2(3)5/h11-12H,5-10H2,1-4H3;10-11,21H,4-9H2,1-3H3;1H3. The molecule has 0 amide bonds. The maximum atomic E-state index is 13.1. The van der Waals surface area contributed by atoms with Gasteiger partial charge in [-0.2, -0.15) is 0 Å². The predicted octanol–water partition coefficient (Wildman–Crippen LogP) is 8.53. The Morgan fingerprint density at radius 2 is 0.966 bits per heavy atom. The van der Waals surface area contributed by atoms with E-state index in [-0.39, 0.29) is 15.5 Å². The third kappa shape index (κ3) is 9.05. The van der Waals surface area contributed by atoms with Crippen LogP contribution in [0.2, 0.25) is 0 Å². The van der Waals surface area contributed by atoms with Gasteiger partial charge in [0, 0.05) is 37.9 Å². The summed E-state index contributed by atoms with van der Waals surface area (Å²) in [6.45, 7) is 14.3. The third-order valence-electron chi connectivity index (χ3n) is 11.9. The first-order valence-electron chi connectivity index (χ1n) is 19.8. The molecular formula is C44H53ClO12S2. The maximum Gasteiger partial charge on any atom is 0.357 e. The molecular weight excluding hydrogens is 820 g/mol. The highest BCUT2D eigenvalue weighted by Crippen LogP contribution is 2.53. The summed E-state index contributed by atoms with van der Waals surface area (Å²) < 4.78 is 50.3. The zero-order chi connectivity index (χ0) is 42.9. The summed E-state index contributed by atoms with van der Waals surface area (Å²) in [6.07, 6.45) is 4.56. The molecule has 4 heterocycles. The number of thiocarbonyl (C=S) groups is 2. The number of aliphatic hydroxyl groups is 1. The Kier molecular flexibility index (Phi) is 13.5. The van der Waals surface area contributed by atoms with Gasteiger partial charge in [-0.1, -0.05) is 35.4 Å². The van der Waals surface area contributed by atoms with Crippen LogP contribution in [0, 0.1) is 41.5 Å². The molecule has 4 aliphatic heterocycles. The van der Waals surface area contributed by atoms with Gasteiger partial charge < -0.3 is 47.7 Å². The largest absolute Gasteiger partial charge is 0.507 e. The summed E-state index contributed by atoms with van der Waals surface area (Å²) in [5.74, 6) is -1.45. The molecule has 0 bridgehead atoms. The quantitative estimate of drug-likeness (QED) is 0.179. The Hall–Kier alpha value is -3.63. The molecule has 1 N–H and O–H groups in total. The first kappa shape index (κ1) is 44.9. The topological polar surface area (TPSA) is 137 Å². The van der Waals surface area contributed by atoms with Crippen molar-refractivity contribution in [3.05, 3.63) is 80.3 Å². The van der Waals surface area contributed by atoms with E-state index in [9.17, 15) is 14.7 Å². The number of benzene rings is 2. The van der Waals surface area contributed by atoms with Gasteiger partial charge >= 0.3 is 17.2 Å². The number of aliphatic hydroxyl groups excluding tert-OH is 1. The summed E-state index contributed by atoms with van der Waals surface area (Å²) in [4.78, 5) is 25.8. The summed E-state index contributed by atoms with van der Waals surface area (Å²) in [7, 11) is 2.88. The van der Waals surface area contributed by atoms with Crippen molar-refractivity contribution < 1.29 is 57.3 Å². The van der Waals surface area contributed by atoms with Crippen LogP contribution in [0.4, 0.5) is 0 Å². The number of rotatable bonds is 3. The highest BCUT2D eigenvalue weighted by molar-refractivity contribution is 7.82. The lowest BCUT2D eigenvalue weighted by Crippen LogP contribution is -2.45. The summed E-state index contributed by atoms with van der Waals surface area (Å²) >= 11 is 14.4. The van der Waals surface area contributed by atoms with Crippen molar-refractivity contribution in [2.45, 2.75) is 116 Å². The van der Waals surface area contributed by atoms with Crippen LogP contribution in [0.5, 0.6) is 0 Å². The SMILES string of the molecule is COC(=S)Cl.COC(=S)OC1=C(c2c(C)cc(C)cc2C)C(=O)OC12CCC1(CC2)OCCO1.Cc1cc(C)c(C2=C(O)C3(CCC4(CC3)OCCO4)OC2=O)c(C)c1. The average molecular weight is 873 g/mol. The van der Waals surface area contributed by atoms with Crippen LogP contribution in [-0.2, 0) is 52.2 Å². The van der Waals surface area contributed by atoms with Gasteiger partial charge in [0.15, 0.2) is 34.3 Å². The highest BCUT2D eigenvalue weighted by Gasteiger charge is 2.57. The summed E-state index contributed by atoms with van der Waals surface area (Å²) in [5, 5.41) is 11.0. The molecule has 2 aliphatic carbocycles. The van der Waals surface area contributed by atoms with Crippen molar-refractivity contribution in [2.24, 2.45) is 0 Å². The second-order valence-corrected chi connectivity index (χ2v) is 17.2. The smallest absolute Gasteiger partial charge is 0.357 e. The van der Waals surface area contributed by atoms with E-state index in [0.29, 0.717) is 94.7 Å². The molecule has 2 aromatic rings. The Labute approximate surface area is 361 Å². The Balaban J connectivity index is 0.000000180.